The van der Waals surface area contributed by atoms with E-state index in [0.717, 1.165) is 11.6 Å². The Labute approximate surface area is 97.8 Å². The molecule has 1 aromatic rings. The van der Waals surface area contributed by atoms with Gasteiger partial charge in [0.05, 0.1) is 7.11 Å². The molecule has 0 aromatic heterocycles. The van der Waals surface area contributed by atoms with Crippen LogP contribution in [0.3, 0.4) is 0 Å². The first-order valence-corrected chi connectivity index (χ1v) is 6.25. The van der Waals surface area contributed by atoms with Crippen LogP contribution in [0.4, 0.5) is 9.57 Å². The van der Waals surface area contributed by atoms with Gasteiger partial charge < -0.3 is 10.1 Å². The van der Waals surface area contributed by atoms with Crippen LogP contribution in [0.1, 0.15) is 12.0 Å². The summed E-state index contributed by atoms with van der Waals surface area (Å²) in [6.07, 6.45) is 0.794. The van der Waals surface area contributed by atoms with Crippen LogP contribution in [0.2, 0.25) is 0 Å². The maximum atomic E-state index is 13.0. The number of rotatable bonds is 2. The molecule has 1 aromatic carbocycles. The van der Waals surface area contributed by atoms with Crippen molar-refractivity contribution >= 4 is 21.8 Å². The fourth-order valence-electron chi connectivity index (χ4n) is 1.74. The smallest absolute Gasteiger partial charge is 0.335 e. The minimum Gasteiger partial charge on any atom is -0.495 e. The predicted octanol–water partition coefficient (Wildman–Crippen LogP) is 1.24. The van der Waals surface area contributed by atoms with Crippen molar-refractivity contribution in [1.29, 1.82) is 0 Å². The lowest BCUT2D eigenvalue weighted by atomic mass is 10.0. The Morgan fingerprint density at radius 3 is 2.65 bits per heavy atom. The number of benzene rings is 1. The van der Waals surface area contributed by atoms with Crippen LogP contribution in [-0.4, -0.2) is 21.4 Å². The van der Waals surface area contributed by atoms with Gasteiger partial charge in [-0.2, -0.15) is 8.42 Å². The highest BCUT2D eigenvalue weighted by atomic mass is 32.3. The van der Waals surface area contributed by atoms with Gasteiger partial charge in [0.1, 0.15) is 10.6 Å². The van der Waals surface area contributed by atoms with Crippen LogP contribution in [0.25, 0.3) is 0 Å². The van der Waals surface area contributed by atoms with Gasteiger partial charge in [-0.3, -0.25) is 4.79 Å². The number of carbonyl (C=O) groups excluding carboxylic acids is 1. The molecule has 0 atom stereocenters. The highest BCUT2D eigenvalue weighted by molar-refractivity contribution is 7.86. The molecule has 17 heavy (non-hydrogen) atoms. The van der Waals surface area contributed by atoms with Gasteiger partial charge in [-0.1, -0.05) is 0 Å². The van der Waals surface area contributed by atoms with Crippen molar-refractivity contribution in [2.24, 2.45) is 0 Å². The molecule has 0 saturated heterocycles. The highest BCUT2D eigenvalue weighted by Crippen LogP contribution is 2.34. The molecule has 1 aliphatic rings. The van der Waals surface area contributed by atoms with Crippen molar-refractivity contribution in [2.75, 3.05) is 12.4 Å². The first-order chi connectivity index (χ1) is 7.91. The third-order valence-corrected chi connectivity index (χ3v) is 3.39. The number of halogens is 1. The van der Waals surface area contributed by atoms with Crippen LogP contribution in [0, 0.1) is 0 Å². The maximum absolute atomic E-state index is 13.0. The number of fused-ring (bicyclic) bond motifs is 1. The molecule has 0 fully saturated rings. The number of carbonyl (C=O) groups is 1. The summed E-state index contributed by atoms with van der Waals surface area (Å²) in [5, 5.41) is 2.50. The van der Waals surface area contributed by atoms with Gasteiger partial charge in [-0.05, 0) is 24.1 Å². The zero-order valence-corrected chi connectivity index (χ0v) is 9.80. The summed E-state index contributed by atoms with van der Waals surface area (Å²) in [5.41, 5.74) is 1.05. The van der Waals surface area contributed by atoms with Crippen molar-refractivity contribution in [2.45, 2.75) is 17.7 Å². The lowest BCUT2D eigenvalue weighted by Crippen LogP contribution is -2.19. The minimum atomic E-state index is -4.87. The number of methoxy groups -OCH3 is 1. The lowest BCUT2D eigenvalue weighted by molar-refractivity contribution is -0.116. The summed E-state index contributed by atoms with van der Waals surface area (Å²) < 4.78 is 39.7. The topological polar surface area (TPSA) is 72.5 Å². The molecular formula is C10H10FNO4S. The molecule has 0 aliphatic carbocycles. The van der Waals surface area contributed by atoms with Gasteiger partial charge in [0.2, 0.25) is 5.91 Å². The maximum Gasteiger partial charge on any atom is 0.335 e. The van der Waals surface area contributed by atoms with Crippen LogP contribution in [-0.2, 0) is 21.4 Å². The number of hydrogen-bond acceptors (Lipinski definition) is 4. The zero-order valence-electron chi connectivity index (χ0n) is 8.99. The highest BCUT2D eigenvalue weighted by Gasteiger charge is 2.24. The van der Waals surface area contributed by atoms with Crippen LogP contribution in [0.15, 0.2) is 17.0 Å². The molecule has 2 rings (SSSR count). The van der Waals surface area contributed by atoms with Gasteiger partial charge in [-0.25, -0.2) is 0 Å². The van der Waals surface area contributed by atoms with Gasteiger partial charge in [-0.15, -0.1) is 3.89 Å². The molecule has 0 radical (unpaired) electrons. The lowest BCUT2D eigenvalue weighted by Gasteiger charge is -2.18. The Hall–Kier alpha value is -1.63. The van der Waals surface area contributed by atoms with Gasteiger partial charge in [0.15, 0.2) is 0 Å². The average Bonchev–Trinajstić information content (AvgIpc) is 2.26. The monoisotopic (exact) mass is 259 g/mol. The minimum absolute atomic E-state index is 0.0533. The fourth-order valence-corrected chi connectivity index (χ4v) is 2.38. The van der Waals surface area contributed by atoms with Crippen LogP contribution < -0.4 is 10.1 Å². The Kier molecular flexibility index (Phi) is 2.78. The second kappa shape index (κ2) is 3.99. The standard InChI is InChI=1S/C10H10FNO4S/c1-16-8-4-6-2-3-10(13)12-7(6)5-9(8)17(11,14)15/h4-5H,2-3H2,1H3,(H,12,13). The molecule has 92 valence electrons. The summed E-state index contributed by atoms with van der Waals surface area (Å²) in [7, 11) is -3.61. The second-order valence-electron chi connectivity index (χ2n) is 3.65. The Balaban J connectivity index is 2.61. The number of amides is 1. The first kappa shape index (κ1) is 11.8. The van der Waals surface area contributed by atoms with E-state index >= 15 is 0 Å². The average molecular weight is 259 g/mol. The molecule has 0 spiro atoms. The van der Waals surface area contributed by atoms with Crippen molar-refractivity contribution in [3.63, 3.8) is 0 Å². The molecule has 1 amide bonds. The van der Waals surface area contributed by atoms with Crippen molar-refractivity contribution in [3.8, 4) is 5.75 Å². The van der Waals surface area contributed by atoms with E-state index in [2.05, 4.69) is 5.32 Å². The van der Waals surface area contributed by atoms with E-state index in [9.17, 15) is 17.1 Å². The Bertz CT molecular complexity index is 582. The van der Waals surface area contributed by atoms with Crippen LogP contribution >= 0.6 is 0 Å². The predicted molar refractivity (Wildman–Crippen MR) is 58.2 cm³/mol. The van der Waals surface area contributed by atoms with E-state index in [4.69, 9.17) is 4.74 Å². The number of aryl methyl sites for hydroxylation is 1. The molecule has 1 heterocycles. The summed E-state index contributed by atoms with van der Waals surface area (Å²) in [5.74, 6) is -0.271. The van der Waals surface area contributed by atoms with Gasteiger partial charge in [0, 0.05) is 12.1 Å². The summed E-state index contributed by atoms with van der Waals surface area (Å²) in [6, 6.07) is 2.52. The molecule has 0 unspecified atom stereocenters. The summed E-state index contributed by atoms with van der Waals surface area (Å²) in [4.78, 5) is 10.6. The number of hydrogen-bond donors (Lipinski definition) is 1. The molecule has 1 N–H and O–H groups in total. The number of ether oxygens (including phenoxy) is 1. The van der Waals surface area contributed by atoms with E-state index in [1.165, 1.54) is 13.2 Å². The van der Waals surface area contributed by atoms with Crippen molar-refractivity contribution in [3.05, 3.63) is 17.7 Å². The third-order valence-electron chi connectivity index (χ3n) is 2.55. The molecular weight excluding hydrogens is 249 g/mol. The quantitative estimate of drug-likeness (QED) is 0.811. The van der Waals surface area contributed by atoms with Gasteiger partial charge in [0.25, 0.3) is 0 Å². The normalized spacial score (nSPS) is 15.1. The molecule has 5 nitrogen and oxygen atoms in total. The van der Waals surface area contributed by atoms with Gasteiger partial charge >= 0.3 is 10.2 Å². The van der Waals surface area contributed by atoms with E-state index in [0.29, 0.717) is 18.5 Å². The van der Waals surface area contributed by atoms with E-state index in [-0.39, 0.29) is 11.7 Å². The van der Waals surface area contributed by atoms with Crippen molar-refractivity contribution < 1.29 is 21.8 Å². The van der Waals surface area contributed by atoms with Crippen molar-refractivity contribution in [1.82, 2.24) is 0 Å². The van der Waals surface area contributed by atoms with E-state index in [1.807, 2.05) is 0 Å². The molecule has 1 aliphatic heterocycles. The Morgan fingerprint density at radius 1 is 1.35 bits per heavy atom. The van der Waals surface area contributed by atoms with E-state index in [1.54, 1.807) is 0 Å². The summed E-state index contributed by atoms with van der Waals surface area (Å²) >= 11 is 0. The second-order valence-corrected chi connectivity index (χ2v) is 4.96. The Morgan fingerprint density at radius 2 is 2.06 bits per heavy atom. The van der Waals surface area contributed by atoms with Crippen LogP contribution in [0.5, 0.6) is 5.75 Å². The molecule has 0 saturated carbocycles. The first-order valence-electron chi connectivity index (χ1n) is 4.87. The number of anilines is 1. The molecule has 0 bridgehead atoms. The van der Waals surface area contributed by atoms with E-state index < -0.39 is 15.1 Å². The SMILES string of the molecule is COc1cc2c(cc1S(=O)(=O)F)NC(=O)CC2. The number of nitrogens with one attached hydrogen (secondary N) is 1. The summed E-state index contributed by atoms with van der Waals surface area (Å²) in [6.45, 7) is 0. The molecule has 7 heteroatoms. The zero-order chi connectivity index (χ0) is 12.6. The third kappa shape index (κ3) is 2.23. The fraction of sp³-hybridized carbons (Fsp3) is 0.300. The largest absolute Gasteiger partial charge is 0.495 e.